The van der Waals surface area contributed by atoms with Gasteiger partial charge in [0.2, 0.25) is 0 Å². The van der Waals surface area contributed by atoms with E-state index in [1.54, 1.807) is 0 Å². The van der Waals surface area contributed by atoms with Gasteiger partial charge in [-0.2, -0.15) is 0 Å². The summed E-state index contributed by atoms with van der Waals surface area (Å²) in [6.45, 7) is 5.33. The smallest absolute Gasteiger partial charge is 0.122 e. The van der Waals surface area contributed by atoms with Crippen molar-refractivity contribution in [2.45, 2.75) is 45.6 Å². The summed E-state index contributed by atoms with van der Waals surface area (Å²) in [4.78, 5) is 0. The summed E-state index contributed by atoms with van der Waals surface area (Å²) in [5, 5.41) is 3.64. The molecule has 0 spiro atoms. The summed E-state index contributed by atoms with van der Waals surface area (Å²) in [5.41, 5.74) is 3.42. The van der Waals surface area contributed by atoms with Crippen LogP contribution in [0, 0.1) is 5.41 Å². The quantitative estimate of drug-likeness (QED) is 0.830. The number of fused-ring (bicyclic) bond motifs is 1. The van der Waals surface area contributed by atoms with Crippen molar-refractivity contribution < 1.29 is 4.74 Å². The second-order valence-electron chi connectivity index (χ2n) is 5.89. The van der Waals surface area contributed by atoms with Gasteiger partial charge >= 0.3 is 0 Å². The van der Waals surface area contributed by atoms with Gasteiger partial charge in [-0.25, -0.2) is 0 Å². The molecule has 2 aliphatic rings. The molecule has 0 atom stereocenters. The fourth-order valence-electron chi connectivity index (χ4n) is 3.04. The topological polar surface area (TPSA) is 21.3 Å². The lowest BCUT2D eigenvalue weighted by molar-refractivity contribution is 0.357. The van der Waals surface area contributed by atoms with Gasteiger partial charge in [0.1, 0.15) is 5.75 Å². The van der Waals surface area contributed by atoms with Crippen LogP contribution < -0.4 is 10.1 Å². The fourth-order valence-corrected chi connectivity index (χ4v) is 3.04. The molecule has 0 aromatic heterocycles. The molecule has 0 bridgehead atoms. The van der Waals surface area contributed by atoms with E-state index in [1.807, 2.05) is 0 Å². The number of nitrogens with one attached hydrogen (secondary N) is 1. The normalized spacial score (nSPS) is 19.4. The van der Waals surface area contributed by atoms with Gasteiger partial charge in [-0.15, -0.1) is 0 Å². The third kappa shape index (κ3) is 2.54. The highest BCUT2D eigenvalue weighted by Gasteiger charge is 2.40. The molecular weight excluding hydrogens is 222 g/mol. The van der Waals surface area contributed by atoms with E-state index in [1.165, 1.54) is 43.4 Å². The molecule has 2 heteroatoms. The molecule has 18 heavy (non-hydrogen) atoms. The highest BCUT2D eigenvalue weighted by Crippen LogP contribution is 2.48. The highest BCUT2D eigenvalue weighted by molar-refractivity contribution is 5.39. The average Bonchev–Trinajstić information content (AvgIpc) is 2.97. The fraction of sp³-hybridized carbons (Fsp3) is 0.625. The number of ether oxygens (including phenoxy) is 1. The maximum Gasteiger partial charge on any atom is 0.122 e. The van der Waals surface area contributed by atoms with E-state index < -0.39 is 0 Å². The van der Waals surface area contributed by atoms with Crippen molar-refractivity contribution in [2.24, 2.45) is 5.41 Å². The Hall–Kier alpha value is -1.02. The Bertz CT molecular complexity index is 423. The lowest BCUT2D eigenvalue weighted by Crippen LogP contribution is -2.23. The molecule has 0 amide bonds. The molecule has 1 aliphatic carbocycles. The van der Waals surface area contributed by atoms with Crippen LogP contribution >= 0.6 is 0 Å². The second-order valence-corrected chi connectivity index (χ2v) is 5.89. The van der Waals surface area contributed by atoms with Gasteiger partial charge < -0.3 is 10.1 Å². The summed E-state index contributed by atoms with van der Waals surface area (Å²) < 4.78 is 5.53. The van der Waals surface area contributed by atoms with Gasteiger partial charge in [-0.1, -0.05) is 25.5 Å². The minimum absolute atomic E-state index is 0.647. The maximum atomic E-state index is 5.53. The third-order valence-electron chi connectivity index (χ3n) is 4.32. The molecule has 1 aliphatic heterocycles. The first-order chi connectivity index (χ1) is 8.81. The molecule has 0 unspecified atom stereocenters. The van der Waals surface area contributed by atoms with Crippen molar-refractivity contribution in [3.05, 3.63) is 29.3 Å². The first kappa shape index (κ1) is 12.0. The molecular formula is C16H23NO. The summed E-state index contributed by atoms with van der Waals surface area (Å²) in [5.74, 6) is 1.09. The van der Waals surface area contributed by atoms with E-state index in [0.29, 0.717) is 5.41 Å². The van der Waals surface area contributed by atoms with E-state index in [-0.39, 0.29) is 0 Å². The molecule has 1 aromatic rings. The van der Waals surface area contributed by atoms with Crippen molar-refractivity contribution in [3.8, 4) is 5.75 Å². The van der Waals surface area contributed by atoms with Gasteiger partial charge in [-0.05, 0) is 41.9 Å². The Morgan fingerprint density at radius 2 is 2.22 bits per heavy atom. The van der Waals surface area contributed by atoms with Crippen LogP contribution in [-0.2, 0) is 13.0 Å². The molecule has 3 rings (SSSR count). The van der Waals surface area contributed by atoms with Crippen molar-refractivity contribution in [1.29, 1.82) is 0 Å². The number of hydrogen-bond donors (Lipinski definition) is 1. The molecule has 98 valence electrons. The van der Waals surface area contributed by atoms with Crippen molar-refractivity contribution in [3.63, 3.8) is 0 Å². The largest absolute Gasteiger partial charge is 0.493 e. The Kier molecular flexibility index (Phi) is 3.29. The van der Waals surface area contributed by atoms with Gasteiger partial charge in [0.05, 0.1) is 6.61 Å². The van der Waals surface area contributed by atoms with Crippen LogP contribution in [0.15, 0.2) is 18.2 Å². The Balaban J connectivity index is 1.51. The molecule has 1 heterocycles. The zero-order valence-electron chi connectivity index (χ0n) is 11.3. The summed E-state index contributed by atoms with van der Waals surface area (Å²) in [6.07, 6.45) is 6.62. The summed E-state index contributed by atoms with van der Waals surface area (Å²) in [6, 6.07) is 6.61. The van der Waals surface area contributed by atoms with Crippen LogP contribution in [0.5, 0.6) is 5.75 Å². The zero-order chi connectivity index (χ0) is 12.4. The third-order valence-corrected chi connectivity index (χ3v) is 4.32. The molecule has 1 fully saturated rings. The number of rotatable bonds is 6. The highest BCUT2D eigenvalue weighted by atomic mass is 16.5. The summed E-state index contributed by atoms with van der Waals surface area (Å²) >= 11 is 0. The van der Waals surface area contributed by atoms with Gasteiger partial charge in [0.25, 0.3) is 0 Å². The van der Waals surface area contributed by atoms with Crippen molar-refractivity contribution >= 4 is 0 Å². The first-order valence-corrected chi connectivity index (χ1v) is 7.27. The van der Waals surface area contributed by atoms with E-state index in [2.05, 4.69) is 30.4 Å². The van der Waals surface area contributed by atoms with Crippen molar-refractivity contribution in [2.75, 3.05) is 13.2 Å². The monoisotopic (exact) mass is 245 g/mol. The summed E-state index contributed by atoms with van der Waals surface area (Å²) in [7, 11) is 0. The molecule has 1 N–H and O–H groups in total. The molecule has 1 saturated carbocycles. The van der Waals surface area contributed by atoms with Gasteiger partial charge in [0.15, 0.2) is 0 Å². The standard InChI is InChI=1S/C16H23NO/c1-2-6-16(7-8-16)12-17-11-13-3-4-15-14(10-13)5-9-18-15/h3-4,10,17H,2,5-9,11-12H2,1H3. The SMILES string of the molecule is CCCC1(CNCc2ccc3c(c2)CCO3)CC1. The van der Waals surface area contributed by atoms with E-state index in [0.717, 1.165) is 25.3 Å². The Morgan fingerprint density at radius 3 is 3.00 bits per heavy atom. The second kappa shape index (κ2) is 4.93. The molecule has 1 aromatic carbocycles. The van der Waals surface area contributed by atoms with Crippen LogP contribution in [0.4, 0.5) is 0 Å². The van der Waals surface area contributed by atoms with E-state index in [4.69, 9.17) is 4.74 Å². The van der Waals surface area contributed by atoms with Crippen LogP contribution in [0.3, 0.4) is 0 Å². The first-order valence-electron chi connectivity index (χ1n) is 7.27. The van der Waals surface area contributed by atoms with Crippen LogP contribution in [0.2, 0.25) is 0 Å². The molecule has 0 radical (unpaired) electrons. The minimum atomic E-state index is 0.647. The van der Waals surface area contributed by atoms with Gasteiger partial charge in [0, 0.05) is 19.5 Å². The van der Waals surface area contributed by atoms with Crippen LogP contribution in [0.25, 0.3) is 0 Å². The number of benzene rings is 1. The van der Waals surface area contributed by atoms with Gasteiger partial charge in [-0.3, -0.25) is 0 Å². The predicted octanol–water partition coefficient (Wildman–Crippen LogP) is 3.29. The van der Waals surface area contributed by atoms with Crippen molar-refractivity contribution in [1.82, 2.24) is 5.32 Å². The Labute approximate surface area is 110 Å². The zero-order valence-corrected chi connectivity index (χ0v) is 11.3. The molecule has 0 saturated heterocycles. The Morgan fingerprint density at radius 1 is 1.33 bits per heavy atom. The lowest BCUT2D eigenvalue weighted by Gasteiger charge is -2.15. The van der Waals surface area contributed by atoms with E-state index in [9.17, 15) is 0 Å². The van der Waals surface area contributed by atoms with E-state index >= 15 is 0 Å². The predicted molar refractivity (Wildman–Crippen MR) is 73.9 cm³/mol. The van der Waals surface area contributed by atoms with Crippen LogP contribution in [-0.4, -0.2) is 13.2 Å². The average molecular weight is 245 g/mol. The number of hydrogen-bond acceptors (Lipinski definition) is 2. The van der Waals surface area contributed by atoms with Crippen LogP contribution in [0.1, 0.15) is 43.7 Å². The maximum absolute atomic E-state index is 5.53. The molecule has 2 nitrogen and oxygen atoms in total. The lowest BCUT2D eigenvalue weighted by atomic mass is 10.0. The minimum Gasteiger partial charge on any atom is -0.493 e.